The number of nitrogens with zero attached hydrogens (tertiary/aromatic N) is 3. The van der Waals surface area contributed by atoms with Gasteiger partial charge < -0.3 is 19.1 Å². The van der Waals surface area contributed by atoms with Crippen LogP contribution in [0.5, 0.6) is 0 Å². The number of carbonyl (C=O) groups is 1. The maximum absolute atomic E-state index is 12.7. The second-order valence-electron chi connectivity index (χ2n) is 5.92. The largest absolute Gasteiger partial charge is 0.434 e. The highest BCUT2D eigenvalue weighted by atomic mass is 19.4. The molecule has 0 bridgehead atoms. The van der Waals surface area contributed by atoms with Gasteiger partial charge >= 0.3 is 6.18 Å². The van der Waals surface area contributed by atoms with Crippen LogP contribution in [-0.4, -0.2) is 34.3 Å². The summed E-state index contributed by atoms with van der Waals surface area (Å²) in [6.07, 6.45) is -2.32. The van der Waals surface area contributed by atoms with Crippen LogP contribution >= 0.6 is 0 Å². The van der Waals surface area contributed by atoms with Crippen molar-refractivity contribution in [3.05, 3.63) is 35.2 Å². The monoisotopic (exact) mass is 358 g/mol. The van der Waals surface area contributed by atoms with Crippen molar-refractivity contribution in [1.82, 2.24) is 20.0 Å². The Morgan fingerprint density at radius 2 is 2.32 bits per heavy atom. The van der Waals surface area contributed by atoms with E-state index in [1.165, 1.54) is 17.7 Å². The molecular weight excluding hydrogens is 341 g/mol. The van der Waals surface area contributed by atoms with Gasteiger partial charge in [-0.05, 0) is 12.3 Å². The van der Waals surface area contributed by atoms with Crippen LogP contribution < -0.4 is 5.32 Å². The second kappa shape index (κ2) is 6.87. The minimum Gasteiger partial charge on any atom is -0.377 e. The standard InChI is InChI=1S/C15H17F3N4O3/c1-24-8-10-4-11(21-25-10)14(23)19-5-9-2-3-13-20-12(15(16,17)18)7-22(13)6-9/h4,7,9H,2-3,5-6,8H2,1H3,(H,19,23)/t9-/m0/s1. The number of alkyl halides is 3. The number of aryl methyl sites for hydroxylation is 1. The maximum Gasteiger partial charge on any atom is 0.434 e. The van der Waals surface area contributed by atoms with Crippen LogP contribution in [0.1, 0.15) is 34.2 Å². The van der Waals surface area contributed by atoms with Crippen LogP contribution in [0.3, 0.4) is 0 Å². The Bertz CT molecular complexity index is 754. The lowest BCUT2D eigenvalue weighted by Crippen LogP contribution is -2.33. The first-order chi connectivity index (χ1) is 11.9. The summed E-state index contributed by atoms with van der Waals surface area (Å²) in [5, 5.41) is 6.39. The predicted molar refractivity (Wildman–Crippen MR) is 78.6 cm³/mol. The molecule has 1 N–H and O–H groups in total. The number of methoxy groups -OCH3 is 1. The van der Waals surface area contributed by atoms with Crippen molar-refractivity contribution in [3.8, 4) is 0 Å². The van der Waals surface area contributed by atoms with E-state index < -0.39 is 17.8 Å². The third kappa shape index (κ3) is 4.01. The van der Waals surface area contributed by atoms with Gasteiger partial charge in [0.05, 0.1) is 0 Å². The van der Waals surface area contributed by atoms with E-state index in [1.807, 2.05) is 0 Å². The van der Waals surface area contributed by atoms with Crippen molar-refractivity contribution in [1.29, 1.82) is 0 Å². The van der Waals surface area contributed by atoms with Gasteiger partial charge in [0.1, 0.15) is 12.4 Å². The fraction of sp³-hybridized carbons (Fsp3) is 0.533. The summed E-state index contributed by atoms with van der Waals surface area (Å²) >= 11 is 0. The topological polar surface area (TPSA) is 82.2 Å². The molecule has 2 aromatic heterocycles. The minimum absolute atomic E-state index is 0.0251. The molecule has 0 radical (unpaired) electrons. The molecule has 10 heteroatoms. The number of hydrogen-bond donors (Lipinski definition) is 1. The predicted octanol–water partition coefficient (Wildman–Crippen LogP) is 2.03. The fourth-order valence-corrected chi connectivity index (χ4v) is 2.78. The number of ether oxygens (including phenoxy) is 1. The average molecular weight is 358 g/mol. The van der Waals surface area contributed by atoms with Crippen LogP contribution in [0.2, 0.25) is 0 Å². The molecule has 0 aliphatic carbocycles. The van der Waals surface area contributed by atoms with Crippen molar-refractivity contribution in [3.63, 3.8) is 0 Å². The molecule has 1 aliphatic rings. The van der Waals surface area contributed by atoms with E-state index >= 15 is 0 Å². The summed E-state index contributed by atoms with van der Waals surface area (Å²) in [4.78, 5) is 15.7. The Morgan fingerprint density at radius 3 is 3.04 bits per heavy atom. The zero-order valence-electron chi connectivity index (χ0n) is 13.5. The van der Waals surface area contributed by atoms with E-state index in [0.29, 0.717) is 37.5 Å². The SMILES string of the molecule is COCc1cc(C(=O)NC[C@@H]2CCc3nc(C(F)(F)F)cn3C2)no1. The van der Waals surface area contributed by atoms with Gasteiger partial charge in [0.2, 0.25) is 0 Å². The van der Waals surface area contributed by atoms with Gasteiger partial charge in [-0.25, -0.2) is 4.98 Å². The average Bonchev–Trinajstić information content (AvgIpc) is 3.18. The van der Waals surface area contributed by atoms with Gasteiger partial charge in [-0.3, -0.25) is 4.79 Å². The third-order valence-corrected chi connectivity index (χ3v) is 4.01. The first kappa shape index (κ1) is 17.5. The van der Waals surface area contributed by atoms with Crippen LogP contribution in [-0.2, 0) is 30.5 Å². The molecule has 25 heavy (non-hydrogen) atoms. The smallest absolute Gasteiger partial charge is 0.377 e. The van der Waals surface area contributed by atoms with Crippen LogP contribution in [0.15, 0.2) is 16.8 Å². The number of hydrogen-bond acceptors (Lipinski definition) is 5. The Hall–Kier alpha value is -2.36. The summed E-state index contributed by atoms with van der Waals surface area (Å²) in [5.74, 6) is 0.499. The lowest BCUT2D eigenvalue weighted by molar-refractivity contribution is -0.141. The highest BCUT2D eigenvalue weighted by Crippen LogP contribution is 2.30. The molecule has 0 fully saturated rings. The summed E-state index contributed by atoms with van der Waals surface area (Å²) in [6, 6.07) is 1.49. The van der Waals surface area contributed by atoms with E-state index in [-0.39, 0.29) is 18.2 Å². The molecule has 1 amide bonds. The van der Waals surface area contributed by atoms with Gasteiger partial charge in [0, 0.05) is 38.9 Å². The van der Waals surface area contributed by atoms with E-state index in [2.05, 4.69) is 15.5 Å². The number of halogens is 3. The number of rotatable bonds is 5. The first-order valence-electron chi connectivity index (χ1n) is 7.72. The van der Waals surface area contributed by atoms with Gasteiger partial charge in [0.25, 0.3) is 5.91 Å². The normalized spacial score (nSPS) is 17.4. The zero-order valence-corrected chi connectivity index (χ0v) is 13.5. The maximum atomic E-state index is 12.7. The van der Waals surface area contributed by atoms with Crippen molar-refractivity contribution >= 4 is 5.91 Å². The lowest BCUT2D eigenvalue weighted by Gasteiger charge is -2.23. The number of amides is 1. The highest BCUT2D eigenvalue weighted by molar-refractivity contribution is 5.92. The summed E-state index contributed by atoms with van der Waals surface area (Å²) in [6.45, 7) is 0.935. The minimum atomic E-state index is -4.44. The van der Waals surface area contributed by atoms with Gasteiger partial charge in [-0.15, -0.1) is 0 Å². The van der Waals surface area contributed by atoms with Crippen molar-refractivity contribution in [2.24, 2.45) is 5.92 Å². The molecule has 0 saturated heterocycles. The van der Waals surface area contributed by atoms with Crippen LogP contribution in [0.25, 0.3) is 0 Å². The Labute approximate surface area is 141 Å². The number of carbonyl (C=O) groups excluding carboxylic acids is 1. The second-order valence-corrected chi connectivity index (χ2v) is 5.92. The van der Waals surface area contributed by atoms with E-state index in [1.54, 1.807) is 0 Å². The summed E-state index contributed by atoms with van der Waals surface area (Å²) < 4.78 is 49.5. The van der Waals surface area contributed by atoms with Gasteiger partial charge in [-0.2, -0.15) is 13.2 Å². The summed E-state index contributed by atoms with van der Waals surface area (Å²) in [7, 11) is 1.50. The number of aromatic nitrogens is 3. The lowest BCUT2D eigenvalue weighted by atomic mass is 9.99. The van der Waals surface area contributed by atoms with Crippen LogP contribution in [0.4, 0.5) is 13.2 Å². The van der Waals surface area contributed by atoms with E-state index in [0.717, 1.165) is 6.20 Å². The molecule has 7 nitrogen and oxygen atoms in total. The quantitative estimate of drug-likeness (QED) is 0.884. The summed E-state index contributed by atoms with van der Waals surface area (Å²) in [5.41, 5.74) is -0.731. The molecule has 1 atom stereocenters. The molecule has 0 saturated carbocycles. The van der Waals surface area contributed by atoms with Gasteiger partial charge in [-0.1, -0.05) is 5.16 Å². The first-order valence-corrected chi connectivity index (χ1v) is 7.72. The molecule has 136 valence electrons. The van der Waals surface area contributed by atoms with Gasteiger partial charge in [0.15, 0.2) is 17.1 Å². The molecule has 2 aromatic rings. The fourth-order valence-electron chi connectivity index (χ4n) is 2.78. The Kier molecular flexibility index (Phi) is 4.80. The Balaban J connectivity index is 1.56. The zero-order chi connectivity index (χ0) is 18.0. The van der Waals surface area contributed by atoms with Crippen molar-refractivity contribution in [2.75, 3.05) is 13.7 Å². The molecule has 0 unspecified atom stereocenters. The molecule has 1 aliphatic heterocycles. The highest BCUT2D eigenvalue weighted by Gasteiger charge is 2.35. The van der Waals surface area contributed by atoms with E-state index in [9.17, 15) is 18.0 Å². The van der Waals surface area contributed by atoms with E-state index in [4.69, 9.17) is 9.26 Å². The third-order valence-electron chi connectivity index (χ3n) is 4.01. The molecule has 0 spiro atoms. The van der Waals surface area contributed by atoms with Crippen molar-refractivity contribution < 1.29 is 27.2 Å². The molecule has 3 rings (SSSR count). The molecule has 3 heterocycles. The number of nitrogens with one attached hydrogen (secondary N) is 1. The Morgan fingerprint density at radius 1 is 1.52 bits per heavy atom. The molecular formula is C15H17F3N4O3. The molecule has 0 aromatic carbocycles. The number of imidazole rings is 1. The number of fused-ring (bicyclic) bond motifs is 1. The van der Waals surface area contributed by atoms with Crippen molar-refractivity contribution in [2.45, 2.75) is 32.2 Å². The van der Waals surface area contributed by atoms with Crippen LogP contribution in [0, 0.1) is 5.92 Å².